The van der Waals surface area contributed by atoms with Crippen LogP contribution in [0, 0.1) is 0 Å². The molecule has 1 N–H and O–H groups in total. The van der Waals surface area contributed by atoms with Crippen molar-refractivity contribution in [1.29, 1.82) is 0 Å². The molecular formula is C11H16N2O6S. The molecule has 1 aromatic rings. The van der Waals surface area contributed by atoms with Crippen molar-refractivity contribution in [3.8, 4) is 0 Å². The Morgan fingerprint density at radius 1 is 1.35 bits per heavy atom. The van der Waals surface area contributed by atoms with Gasteiger partial charge in [-0.1, -0.05) is 6.92 Å². The second-order valence-corrected chi connectivity index (χ2v) is 5.71. The average Bonchev–Trinajstić information content (AvgIpc) is 2.37. The van der Waals surface area contributed by atoms with E-state index in [1.54, 1.807) is 6.20 Å². The molecule has 0 radical (unpaired) electrons. The van der Waals surface area contributed by atoms with Crippen LogP contribution in [0.5, 0.6) is 0 Å². The van der Waals surface area contributed by atoms with Gasteiger partial charge in [-0.3, -0.25) is 14.2 Å². The van der Waals surface area contributed by atoms with Crippen LogP contribution in [0.25, 0.3) is 0 Å². The third-order valence-corrected chi connectivity index (χ3v) is 2.72. The smallest absolute Gasteiger partial charge is 0.373 e. The molecule has 1 aromatic heterocycles. The Kier molecular flexibility index (Phi) is 7.16. The van der Waals surface area contributed by atoms with E-state index in [1.165, 1.54) is 13.1 Å². The second-order valence-electron chi connectivity index (χ2n) is 4.07. The molecule has 0 aliphatic rings. The Labute approximate surface area is 116 Å². The standard InChI is InChI=1S/C10H16N2O4S.CO2/c1-4-8-5-12-9(6-11-8)10(2,13)7-16-17(3,14)15;2-1-3/h5-6,13H,4,7H2,1-3H3;/t10-;/m1./s1. The predicted octanol–water partition coefficient (Wildman–Crippen LogP) is -0.361. The highest BCUT2D eigenvalue weighted by Gasteiger charge is 2.27. The number of hydrogen-bond donors (Lipinski definition) is 1. The van der Waals surface area contributed by atoms with Crippen molar-refractivity contribution in [2.24, 2.45) is 0 Å². The van der Waals surface area contributed by atoms with Gasteiger partial charge in [0.2, 0.25) is 0 Å². The van der Waals surface area contributed by atoms with Crippen molar-refractivity contribution in [2.75, 3.05) is 12.9 Å². The Bertz CT molecular complexity index is 547. The van der Waals surface area contributed by atoms with E-state index in [2.05, 4.69) is 14.2 Å². The van der Waals surface area contributed by atoms with Crippen molar-refractivity contribution in [3.05, 3.63) is 23.8 Å². The van der Waals surface area contributed by atoms with Gasteiger partial charge in [-0.25, -0.2) is 0 Å². The predicted molar refractivity (Wildman–Crippen MR) is 66.8 cm³/mol. The average molecular weight is 304 g/mol. The van der Waals surface area contributed by atoms with Crippen molar-refractivity contribution in [2.45, 2.75) is 25.9 Å². The van der Waals surface area contributed by atoms with Gasteiger partial charge in [0.25, 0.3) is 10.1 Å². The molecular weight excluding hydrogens is 288 g/mol. The molecule has 0 aliphatic heterocycles. The van der Waals surface area contributed by atoms with E-state index in [1.807, 2.05) is 6.92 Å². The molecule has 9 heteroatoms. The van der Waals surface area contributed by atoms with Crippen LogP contribution in [0.2, 0.25) is 0 Å². The van der Waals surface area contributed by atoms with Gasteiger partial charge in [0.15, 0.2) is 0 Å². The second kappa shape index (κ2) is 7.81. The fourth-order valence-corrected chi connectivity index (χ4v) is 1.55. The maximum Gasteiger partial charge on any atom is 0.373 e. The number of carbonyl (C=O) groups excluding carboxylic acids is 2. The molecule has 0 aromatic carbocycles. The molecule has 8 nitrogen and oxygen atoms in total. The maximum absolute atomic E-state index is 10.8. The number of aryl methyl sites for hydroxylation is 1. The van der Waals surface area contributed by atoms with Crippen LogP contribution in [-0.4, -0.2) is 42.5 Å². The summed E-state index contributed by atoms with van der Waals surface area (Å²) in [6.07, 6.45) is 4.89. The third-order valence-electron chi connectivity index (χ3n) is 2.17. The molecule has 112 valence electrons. The van der Waals surface area contributed by atoms with E-state index < -0.39 is 15.7 Å². The summed E-state index contributed by atoms with van der Waals surface area (Å²) >= 11 is 0. The maximum atomic E-state index is 10.8. The molecule has 0 bridgehead atoms. The van der Waals surface area contributed by atoms with E-state index in [4.69, 9.17) is 9.59 Å². The molecule has 0 spiro atoms. The van der Waals surface area contributed by atoms with Crippen molar-refractivity contribution >= 4 is 16.3 Å². The highest BCUT2D eigenvalue weighted by atomic mass is 32.2. The van der Waals surface area contributed by atoms with Gasteiger partial charge in [0.1, 0.15) is 12.2 Å². The van der Waals surface area contributed by atoms with Crippen molar-refractivity contribution in [3.63, 3.8) is 0 Å². The van der Waals surface area contributed by atoms with Gasteiger partial charge in [-0.05, 0) is 13.3 Å². The van der Waals surface area contributed by atoms with E-state index in [9.17, 15) is 13.5 Å². The zero-order valence-electron chi connectivity index (χ0n) is 11.4. The molecule has 1 atom stereocenters. The Hall–Kier alpha value is -1.67. The molecule has 0 aliphatic carbocycles. The van der Waals surface area contributed by atoms with Crippen molar-refractivity contribution < 1.29 is 27.3 Å². The lowest BCUT2D eigenvalue weighted by Gasteiger charge is -2.21. The van der Waals surface area contributed by atoms with Gasteiger partial charge < -0.3 is 5.11 Å². The molecule has 0 amide bonds. The van der Waals surface area contributed by atoms with Crippen molar-refractivity contribution in [1.82, 2.24) is 9.97 Å². The van der Waals surface area contributed by atoms with Crippen LogP contribution < -0.4 is 0 Å². The summed E-state index contributed by atoms with van der Waals surface area (Å²) in [6, 6.07) is 0. The molecule has 0 unspecified atom stereocenters. The van der Waals surface area contributed by atoms with Crippen LogP contribution in [-0.2, 0) is 35.9 Å². The zero-order valence-corrected chi connectivity index (χ0v) is 12.2. The van der Waals surface area contributed by atoms with Crippen LogP contribution in [0.15, 0.2) is 12.4 Å². The molecule has 20 heavy (non-hydrogen) atoms. The quantitative estimate of drug-likeness (QED) is 0.731. The minimum atomic E-state index is -3.59. The van der Waals surface area contributed by atoms with E-state index >= 15 is 0 Å². The van der Waals surface area contributed by atoms with E-state index in [0.29, 0.717) is 0 Å². The molecule has 0 saturated heterocycles. The normalized spacial score (nSPS) is 13.6. The van der Waals surface area contributed by atoms with E-state index in [0.717, 1.165) is 18.4 Å². The molecule has 1 heterocycles. The first-order valence-electron chi connectivity index (χ1n) is 5.53. The summed E-state index contributed by atoms with van der Waals surface area (Å²) < 4.78 is 26.2. The highest BCUT2D eigenvalue weighted by molar-refractivity contribution is 7.85. The first-order valence-corrected chi connectivity index (χ1v) is 7.35. The monoisotopic (exact) mass is 304 g/mol. The summed E-state index contributed by atoms with van der Waals surface area (Å²) in [4.78, 5) is 24.4. The van der Waals surface area contributed by atoms with Crippen LogP contribution >= 0.6 is 0 Å². The van der Waals surface area contributed by atoms with Gasteiger partial charge in [-0.2, -0.15) is 18.0 Å². The Morgan fingerprint density at radius 2 is 1.90 bits per heavy atom. The van der Waals surface area contributed by atoms with Gasteiger partial charge in [0, 0.05) is 6.20 Å². The largest absolute Gasteiger partial charge is 0.381 e. The summed E-state index contributed by atoms with van der Waals surface area (Å²) in [5.41, 5.74) is -0.408. The summed E-state index contributed by atoms with van der Waals surface area (Å²) in [5.74, 6) is 0. The highest BCUT2D eigenvalue weighted by Crippen LogP contribution is 2.18. The van der Waals surface area contributed by atoms with Gasteiger partial charge >= 0.3 is 6.15 Å². The van der Waals surface area contributed by atoms with Crippen LogP contribution in [0.4, 0.5) is 0 Å². The topological polar surface area (TPSA) is 124 Å². The van der Waals surface area contributed by atoms with E-state index in [-0.39, 0.29) is 18.5 Å². The fraction of sp³-hybridized carbons (Fsp3) is 0.545. The molecule has 1 rings (SSSR count). The minimum Gasteiger partial charge on any atom is -0.381 e. The first-order chi connectivity index (χ1) is 9.16. The van der Waals surface area contributed by atoms with Crippen LogP contribution in [0.1, 0.15) is 25.2 Å². The molecule has 0 saturated carbocycles. The van der Waals surface area contributed by atoms with Gasteiger partial charge in [-0.15, -0.1) is 0 Å². The van der Waals surface area contributed by atoms with Crippen LogP contribution in [0.3, 0.4) is 0 Å². The third kappa shape index (κ3) is 7.05. The summed E-state index contributed by atoms with van der Waals surface area (Å²) in [6.45, 7) is 2.98. The fourth-order valence-electron chi connectivity index (χ4n) is 1.11. The van der Waals surface area contributed by atoms with Gasteiger partial charge in [0.05, 0.1) is 23.8 Å². The lowest BCUT2D eigenvalue weighted by atomic mass is 10.0. The Morgan fingerprint density at radius 3 is 2.25 bits per heavy atom. The number of aliphatic hydroxyl groups is 1. The Balaban J connectivity index is 0.00000110. The SMILES string of the molecule is CCc1cnc([C@](C)(O)COS(C)(=O)=O)cn1.O=C=O. The molecule has 0 fully saturated rings. The first kappa shape index (κ1) is 18.3. The lowest BCUT2D eigenvalue weighted by Crippen LogP contribution is -2.30. The zero-order chi connectivity index (χ0) is 15.8. The number of rotatable bonds is 5. The number of aromatic nitrogens is 2. The lowest BCUT2D eigenvalue weighted by molar-refractivity contribution is -0.191. The summed E-state index contributed by atoms with van der Waals surface area (Å²) in [7, 11) is -3.59. The minimum absolute atomic E-state index is 0.250. The number of hydrogen-bond acceptors (Lipinski definition) is 8. The summed E-state index contributed by atoms with van der Waals surface area (Å²) in [5, 5.41) is 10.0. The number of nitrogens with zero attached hydrogens (tertiary/aromatic N) is 2.